The van der Waals surface area contributed by atoms with Gasteiger partial charge in [-0.3, -0.25) is 4.99 Å². The van der Waals surface area contributed by atoms with Crippen molar-refractivity contribution in [3.63, 3.8) is 0 Å². The van der Waals surface area contributed by atoms with Gasteiger partial charge < -0.3 is 9.30 Å². The molecule has 1 heterocycles. The molecule has 0 saturated carbocycles. The maximum atomic E-state index is 5.19. The molecule has 0 unspecified atom stereocenters. The molecule has 0 aliphatic carbocycles. The van der Waals surface area contributed by atoms with Crippen LogP contribution in [0.3, 0.4) is 0 Å². The Balaban J connectivity index is 1.85. The van der Waals surface area contributed by atoms with Crippen molar-refractivity contribution in [2.75, 3.05) is 7.11 Å². The summed E-state index contributed by atoms with van der Waals surface area (Å²) in [5, 5.41) is 0. The molecule has 134 valence electrons. The zero-order valence-electron chi connectivity index (χ0n) is 15.0. The van der Waals surface area contributed by atoms with Crippen LogP contribution in [0.15, 0.2) is 62.5 Å². The molecule has 0 aliphatic rings. The van der Waals surface area contributed by atoms with Gasteiger partial charge in [0.2, 0.25) is 0 Å². The first-order valence-corrected chi connectivity index (χ1v) is 9.86. The number of aromatic nitrogens is 1. The number of hydrogen-bond donors (Lipinski definition) is 0. The number of halogens is 2. The number of ether oxygens (including phenoxy) is 1. The number of benzene rings is 2. The Morgan fingerprint density at radius 1 is 0.962 bits per heavy atom. The highest BCUT2D eigenvalue weighted by molar-refractivity contribution is 9.10. The fraction of sp³-hybridized carbons (Fsp3) is 0.190. The smallest absolute Gasteiger partial charge is 0.118 e. The van der Waals surface area contributed by atoms with Crippen molar-refractivity contribution in [2.45, 2.75) is 20.4 Å². The van der Waals surface area contributed by atoms with Crippen LogP contribution in [-0.2, 0) is 6.54 Å². The first kappa shape index (κ1) is 18.9. The minimum Gasteiger partial charge on any atom is -0.497 e. The number of aliphatic imine (C=N–C) groups is 1. The van der Waals surface area contributed by atoms with E-state index in [4.69, 9.17) is 4.74 Å². The lowest BCUT2D eigenvalue weighted by molar-refractivity contribution is 0.414. The summed E-state index contributed by atoms with van der Waals surface area (Å²) in [7, 11) is 1.67. The van der Waals surface area contributed by atoms with Crippen molar-refractivity contribution in [1.29, 1.82) is 0 Å². The summed E-state index contributed by atoms with van der Waals surface area (Å²) in [6.45, 7) is 4.87. The van der Waals surface area contributed by atoms with Gasteiger partial charge in [-0.1, -0.05) is 28.1 Å². The van der Waals surface area contributed by atoms with Crippen molar-refractivity contribution in [1.82, 2.24) is 4.57 Å². The molecule has 26 heavy (non-hydrogen) atoms. The van der Waals surface area contributed by atoms with Gasteiger partial charge in [0.05, 0.1) is 13.7 Å². The van der Waals surface area contributed by atoms with E-state index in [2.05, 4.69) is 79.5 Å². The largest absolute Gasteiger partial charge is 0.497 e. The fourth-order valence-corrected chi connectivity index (χ4v) is 3.76. The molecule has 0 atom stereocenters. The third-order valence-corrected chi connectivity index (χ3v) is 5.88. The minimum absolute atomic E-state index is 0.637. The van der Waals surface area contributed by atoms with E-state index in [9.17, 15) is 0 Å². The van der Waals surface area contributed by atoms with Gasteiger partial charge in [-0.2, -0.15) is 0 Å². The van der Waals surface area contributed by atoms with Crippen LogP contribution in [0.1, 0.15) is 22.5 Å². The highest BCUT2D eigenvalue weighted by Gasteiger charge is 2.15. The number of rotatable bonds is 5. The van der Waals surface area contributed by atoms with E-state index in [0.717, 1.165) is 42.9 Å². The molecular weight excluding hydrogens is 456 g/mol. The third-order valence-electron chi connectivity index (χ3n) is 4.35. The summed E-state index contributed by atoms with van der Waals surface area (Å²) in [6, 6.07) is 16.3. The SMILES string of the molecule is COc1ccc(CN=Cc2c(Br)c(C)n(-c3ccc(Br)cc3)c2C)cc1. The van der Waals surface area contributed by atoms with Gasteiger partial charge in [0.1, 0.15) is 5.75 Å². The van der Waals surface area contributed by atoms with Gasteiger partial charge in [0, 0.05) is 37.8 Å². The molecule has 0 saturated heterocycles. The van der Waals surface area contributed by atoms with Crippen LogP contribution >= 0.6 is 31.9 Å². The van der Waals surface area contributed by atoms with Gasteiger partial charge in [-0.05, 0) is 71.7 Å². The zero-order valence-corrected chi connectivity index (χ0v) is 18.1. The summed E-state index contributed by atoms with van der Waals surface area (Å²) >= 11 is 7.22. The van der Waals surface area contributed by atoms with Crippen LogP contribution in [0.2, 0.25) is 0 Å². The highest BCUT2D eigenvalue weighted by atomic mass is 79.9. The number of hydrogen-bond acceptors (Lipinski definition) is 2. The quantitative estimate of drug-likeness (QED) is 0.400. The normalized spacial score (nSPS) is 11.3. The Morgan fingerprint density at radius 3 is 2.23 bits per heavy atom. The number of methoxy groups -OCH3 is 1. The van der Waals surface area contributed by atoms with E-state index in [0.29, 0.717) is 6.54 Å². The van der Waals surface area contributed by atoms with Crippen LogP contribution in [0.4, 0.5) is 0 Å². The lowest BCUT2D eigenvalue weighted by Gasteiger charge is -2.09. The standard InChI is InChI=1S/C21H20Br2N2O/c1-14-20(13-24-12-16-4-10-19(26-3)11-5-16)21(23)15(2)25(14)18-8-6-17(22)7-9-18/h4-11,13H,12H2,1-3H3. The lowest BCUT2D eigenvalue weighted by atomic mass is 10.2. The Kier molecular flexibility index (Phi) is 5.99. The van der Waals surface area contributed by atoms with Gasteiger partial charge >= 0.3 is 0 Å². The lowest BCUT2D eigenvalue weighted by Crippen LogP contribution is -1.99. The fourth-order valence-electron chi connectivity index (χ4n) is 2.92. The van der Waals surface area contributed by atoms with Crippen molar-refractivity contribution < 1.29 is 4.74 Å². The highest BCUT2D eigenvalue weighted by Crippen LogP contribution is 2.30. The topological polar surface area (TPSA) is 26.5 Å². The molecule has 0 radical (unpaired) electrons. The zero-order chi connectivity index (χ0) is 18.7. The second kappa shape index (κ2) is 8.23. The molecule has 0 spiro atoms. The molecular formula is C21H20Br2N2O. The Morgan fingerprint density at radius 2 is 1.62 bits per heavy atom. The van der Waals surface area contributed by atoms with Crippen LogP contribution < -0.4 is 4.74 Å². The van der Waals surface area contributed by atoms with Crippen LogP contribution in [-0.4, -0.2) is 17.9 Å². The third kappa shape index (κ3) is 3.94. The van der Waals surface area contributed by atoms with Gasteiger partial charge in [-0.15, -0.1) is 0 Å². The molecule has 0 amide bonds. The molecule has 3 nitrogen and oxygen atoms in total. The molecule has 0 bridgehead atoms. The van der Waals surface area contributed by atoms with Crippen molar-refractivity contribution in [2.24, 2.45) is 4.99 Å². The first-order valence-electron chi connectivity index (χ1n) is 8.27. The molecule has 0 N–H and O–H groups in total. The van der Waals surface area contributed by atoms with Crippen molar-refractivity contribution in [3.05, 3.63) is 80.0 Å². The maximum Gasteiger partial charge on any atom is 0.118 e. The molecule has 1 aromatic heterocycles. The van der Waals surface area contributed by atoms with Crippen LogP contribution in [0.5, 0.6) is 5.75 Å². The molecule has 3 rings (SSSR count). The van der Waals surface area contributed by atoms with Crippen molar-refractivity contribution >= 4 is 38.1 Å². The molecule has 5 heteroatoms. The monoisotopic (exact) mass is 474 g/mol. The van der Waals surface area contributed by atoms with E-state index in [1.54, 1.807) is 7.11 Å². The molecule has 2 aromatic carbocycles. The maximum absolute atomic E-state index is 5.19. The van der Waals surface area contributed by atoms with Crippen LogP contribution in [0, 0.1) is 13.8 Å². The van der Waals surface area contributed by atoms with E-state index >= 15 is 0 Å². The van der Waals surface area contributed by atoms with E-state index < -0.39 is 0 Å². The second-order valence-corrected chi connectivity index (χ2v) is 7.74. The Labute approximate surface area is 171 Å². The second-order valence-electron chi connectivity index (χ2n) is 6.03. The predicted molar refractivity (Wildman–Crippen MR) is 115 cm³/mol. The molecule has 0 aliphatic heterocycles. The Hall–Kier alpha value is -1.85. The summed E-state index contributed by atoms with van der Waals surface area (Å²) in [5.74, 6) is 0.860. The Bertz CT molecular complexity index is 926. The van der Waals surface area contributed by atoms with E-state index in [1.807, 2.05) is 30.5 Å². The van der Waals surface area contributed by atoms with E-state index in [1.165, 1.54) is 0 Å². The predicted octanol–water partition coefficient (Wildman–Crippen LogP) is 6.25. The van der Waals surface area contributed by atoms with Gasteiger partial charge in [-0.25, -0.2) is 0 Å². The minimum atomic E-state index is 0.637. The van der Waals surface area contributed by atoms with E-state index in [-0.39, 0.29) is 0 Å². The summed E-state index contributed by atoms with van der Waals surface area (Å²) in [4.78, 5) is 4.63. The molecule has 3 aromatic rings. The molecule has 0 fully saturated rings. The summed E-state index contributed by atoms with van der Waals surface area (Å²) < 4.78 is 9.58. The van der Waals surface area contributed by atoms with Crippen LogP contribution in [0.25, 0.3) is 5.69 Å². The van der Waals surface area contributed by atoms with Crippen molar-refractivity contribution in [3.8, 4) is 11.4 Å². The summed E-state index contributed by atoms with van der Waals surface area (Å²) in [5.41, 5.74) is 5.73. The summed E-state index contributed by atoms with van der Waals surface area (Å²) in [6.07, 6.45) is 1.95. The average molecular weight is 476 g/mol. The van der Waals surface area contributed by atoms with Gasteiger partial charge in [0.25, 0.3) is 0 Å². The average Bonchev–Trinajstić information content (AvgIpc) is 2.86. The first-order chi connectivity index (χ1) is 12.5. The number of nitrogens with zero attached hydrogens (tertiary/aromatic N) is 2. The van der Waals surface area contributed by atoms with Gasteiger partial charge in [0.15, 0.2) is 0 Å².